The minimum atomic E-state index is -4.64. The number of phosphoric acid groups is 2. The summed E-state index contributed by atoms with van der Waals surface area (Å²) in [5.41, 5.74) is 0. The monoisotopic (exact) mass is 568 g/mol. The summed E-state index contributed by atoms with van der Waals surface area (Å²) in [6, 6.07) is 0. The van der Waals surface area contributed by atoms with Crippen molar-refractivity contribution in [1.29, 1.82) is 0 Å². The van der Waals surface area contributed by atoms with Gasteiger partial charge in [-0.3, -0.25) is 0 Å². The van der Waals surface area contributed by atoms with E-state index < -0.39 is 15.6 Å². The van der Waals surface area contributed by atoms with Crippen molar-refractivity contribution in [3.8, 4) is 0 Å². The van der Waals surface area contributed by atoms with Gasteiger partial charge in [-0.1, -0.05) is 129 Å². The zero-order valence-electron chi connectivity index (χ0n) is 22.8. The van der Waals surface area contributed by atoms with Crippen molar-refractivity contribution in [2.75, 3.05) is 13.2 Å². The van der Waals surface area contributed by atoms with Gasteiger partial charge in [0.15, 0.2) is 0 Å². The van der Waals surface area contributed by atoms with E-state index in [1.807, 2.05) is 0 Å². The standard InChI is InChI=1S/2C12H26O.2H3O4P/c2*1-2-3-4-5-6-7-8-9-10-11-12-13;2*1-5(2,3)4/h2*13H,2-12H2,1H3;2*(H3,1,2,3,4). The fraction of sp³-hybridized carbons (Fsp3) is 1.00. The molecule has 12 heteroatoms. The van der Waals surface area contributed by atoms with E-state index in [-0.39, 0.29) is 0 Å². The van der Waals surface area contributed by atoms with Crippen LogP contribution in [-0.2, 0) is 9.13 Å². The predicted octanol–water partition coefficient (Wildman–Crippen LogP) is 5.94. The van der Waals surface area contributed by atoms with Crippen LogP contribution in [0.15, 0.2) is 0 Å². The van der Waals surface area contributed by atoms with Crippen LogP contribution in [0.2, 0.25) is 0 Å². The highest BCUT2D eigenvalue weighted by Crippen LogP contribution is 2.26. The lowest BCUT2D eigenvalue weighted by atomic mass is 10.1. The molecule has 0 radical (unpaired) electrons. The van der Waals surface area contributed by atoms with Gasteiger partial charge in [0, 0.05) is 13.2 Å². The summed E-state index contributed by atoms with van der Waals surface area (Å²) in [5, 5.41) is 17.1. The normalized spacial score (nSPS) is 10.9. The molecule has 0 aliphatic heterocycles. The Labute approximate surface area is 220 Å². The summed E-state index contributed by atoms with van der Waals surface area (Å²) in [7, 11) is -9.28. The molecule has 8 N–H and O–H groups in total. The molecule has 0 aromatic carbocycles. The largest absolute Gasteiger partial charge is 0.466 e. The van der Waals surface area contributed by atoms with Crippen molar-refractivity contribution in [3.05, 3.63) is 0 Å². The van der Waals surface area contributed by atoms with Crippen molar-refractivity contribution in [3.63, 3.8) is 0 Å². The Hall–Kier alpha value is 0.140. The lowest BCUT2D eigenvalue weighted by Crippen LogP contribution is -1.84. The molecule has 0 aliphatic carbocycles. The van der Waals surface area contributed by atoms with E-state index in [0.29, 0.717) is 13.2 Å². The first-order valence-corrected chi connectivity index (χ1v) is 16.7. The van der Waals surface area contributed by atoms with E-state index in [9.17, 15) is 0 Å². The first-order valence-electron chi connectivity index (χ1n) is 13.6. The molecule has 0 rings (SSSR count). The topological polar surface area (TPSA) is 196 Å². The van der Waals surface area contributed by atoms with Gasteiger partial charge in [0.05, 0.1) is 0 Å². The first kappa shape index (κ1) is 43.2. The van der Waals surface area contributed by atoms with Crippen LogP contribution in [0.3, 0.4) is 0 Å². The summed E-state index contributed by atoms with van der Waals surface area (Å²) in [5.74, 6) is 0. The predicted molar refractivity (Wildman–Crippen MR) is 146 cm³/mol. The number of hydrogen-bond acceptors (Lipinski definition) is 4. The third-order valence-corrected chi connectivity index (χ3v) is 5.02. The van der Waals surface area contributed by atoms with Crippen LogP contribution < -0.4 is 0 Å². The third kappa shape index (κ3) is 92.4. The van der Waals surface area contributed by atoms with Crippen molar-refractivity contribution < 1.29 is 48.7 Å². The molecule has 0 aromatic heterocycles. The Morgan fingerprint density at radius 2 is 0.500 bits per heavy atom. The van der Waals surface area contributed by atoms with Crippen LogP contribution in [0, 0.1) is 0 Å². The lowest BCUT2D eigenvalue weighted by molar-refractivity contribution is 0.272. The van der Waals surface area contributed by atoms with Gasteiger partial charge in [-0.05, 0) is 12.8 Å². The number of hydrogen-bond donors (Lipinski definition) is 8. The van der Waals surface area contributed by atoms with Gasteiger partial charge in [-0.2, -0.15) is 0 Å². The molecular weight excluding hydrogens is 510 g/mol. The molecule has 0 aliphatic rings. The van der Waals surface area contributed by atoms with Crippen LogP contribution in [-0.4, -0.2) is 52.8 Å². The quantitative estimate of drug-likeness (QED) is 0.0642. The van der Waals surface area contributed by atoms with Crippen LogP contribution >= 0.6 is 15.6 Å². The average molecular weight is 569 g/mol. The highest BCUT2D eigenvalue weighted by atomic mass is 31.2. The van der Waals surface area contributed by atoms with Crippen LogP contribution in [0.5, 0.6) is 0 Å². The molecule has 0 fully saturated rings. The smallest absolute Gasteiger partial charge is 0.396 e. The molecule has 0 aromatic rings. The van der Waals surface area contributed by atoms with E-state index in [2.05, 4.69) is 13.8 Å². The molecule has 0 unspecified atom stereocenters. The van der Waals surface area contributed by atoms with Gasteiger partial charge >= 0.3 is 15.6 Å². The van der Waals surface area contributed by atoms with E-state index in [4.69, 9.17) is 48.7 Å². The van der Waals surface area contributed by atoms with E-state index in [0.717, 1.165) is 12.8 Å². The van der Waals surface area contributed by atoms with Crippen molar-refractivity contribution in [1.82, 2.24) is 0 Å². The average Bonchev–Trinajstić information content (AvgIpc) is 2.75. The number of unbranched alkanes of at least 4 members (excludes halogenated alkanes) is 18. The second kappa shape index (κ2) is 35.1. The van der Waals surface area contributed by atoms with E-state index in [1.165, 1.54) is 116 Å². The Morgan fingerprint density at radius 1 is 0.361 bits per heavy atom. The van der Waals surface area contributed by atoms with E-state index >= 15 is 0 Å². The fourth-order valence-electron chi connectivity index (χ4n) is 3.20. The maximum atomic E-state index is 8.88. The first-order chi connectivity index (χ1) is 16.8. The summed E-state index contributed by atoms with van der Waals surface area (Å²) < 4.78 is 17.8. The number of rotatable bonds is 20. The zero-order chi connectivity index (χ0) is 28.6. The molecule has 0 saturated heterocycles. The third-order valence-electron chi connectivity index (χ3n) is 5.02. The highest BCUT2D eigenvalue weighted by molar-refractivity contribution is 7.45. The SMILES string of the molecule is CCCCCCCCCCCCO.CCCCCCCCCCCCO.O=P(O)(O)O.O=P(O)(O)O. The molecule has 0 bridgehead atoms. The van der Waals surface area contributed by atoms with Crippen LogP contribution in [0.4, 0.5) is 0 Å². The van der Waals surface area contributed by atoms with Gasteiger partial charge in [-0.25, -0.2) is 9.13 Å². The van der Waals surface area contributed by atoms with Crippen molar-refractivity contribution >= 4 is 15.6 Å². The van der Waals surface area contributed by atoms with Gasteiger partial charge in [-0.15, -0.1) is 0 Å². The molecule has 0 saturated carbocycles. The number of aliphatic hydroxyl groups excluding tert-OH is 2. The molecule has 36 heavy (non-hydrogen) atoms. The molecule has 0 amide bonds. The summed E-state index contributed by atoms with van der Waals surface area (Å²) >= 11 is 0. The zero-order valence-corrected chi connectivity index (χ0v) is 24.6. The number of aliphatic hydroxyl groups is 2. The summed E-state index contributed by atoms with van der Waals surface area (Å²) in [6.07, 6.45) is 26.6. The molecule has 0 spiro atoms. The Bertz CT molecular complexity index is 391. The maximum absolute atomic E-state index is 8.88. The summed E-state index contributed by atoms with van der Waals surface area (Å²) in [6.45, 7) is 5.26. The minimum Gasteiger partial charge on any atom is -0.396 e. The summed E-state index contributed by atoms with van der Waals surface area (Å²) in [4.78, 5) is 43.1. The van der Waals surface area contributed by atoms with Crippen LogP contribution in [0.25, 0.3) is 0 Å². The Morgan fingerprint density at radius 3 is 0.639 bits per heavy atom. The Kier molecular flexibility index (Phi) is 42.2. The molecule has 0 atom stereocenters. The molecule has 224 valence electrons. The van der Waals surface area contributed by atoms with Crippen molar-refractivity contribution in [2.45, 2.75) is 142 Å². The molecule has 0 heterocycles. The lowest BCUT2D eigenvalue weighted by Gasteiger charge is -2.00. The van der Waals surface area contributed by atoms with Gasteiger partial charge in [0.1, 0.15) is 0 Å². The molecular formula is C24H58O10P2. The van der Waals surface area contributed by atoms with Crippen molar-refractivity contribution in [2.24, 2.45) is 0 Å². The minimum absolute atomic E-state index is 0.372. The highest BCUT2D eigenvalue weighted by Gasteiger charge is 2.00. The molecule has 10 nitrogen and oxygen atoms in total. The fourth-order valence-corrected chi connectivity index (χ4v) is 3.20. The van der Waals surface area contributed by atoms with Gasteiger partial charge in [0.2, 0.25) is 0 Å². The van der Waals surface area contributed by atoms with E-state index in [1.54, 1.807) is 0 Å². The second-order valence-electron chi connectivity index (χ2n) is 8.84. The van der Waals surface area contributed by atoms with Crippen LogP contribution in [0.1, 0.15) is 142 Å². The maximum Gasteiger partial charge on any atom is 0.466 e. The second-order valence-corrected chi connectivity index (χ2v) is 10.9. The van der Waals surface area contributed by atoms with Gasteiger partial charge < -0.3 is 39.6 Å². The van der Waals surface area contributed by atoms with Gasteiger partial charge in [0.25, 0.3) is 0 Å². The Balaban J connectivity index is -0.000000208.